The molecule has 1 fully saturated rings. The van der Waals surface area contributed by atoms with Crippen LogP contribution in [0.4, 0.5) is 32.0 Å². The fourth-order valence-electron chi connectivity index (χ4n) is 5.50. The maximum atomic E-state index is 15.5. The Kier molecular flexibility index (Phi) is 7.17. The van der Waals surface area contributed by atoms with Gasteiger partial charge in [-0.15, -0.1) is 0 Å². The van der Waals surface area contributed by atoms with E-state index in [-0.39, 0.29) is 32.2 Å². The molecule has 2 aromatic carbocycles. The molecule has 0 radical (unpaired) electrons. The summed E-state index contributed by atoms with van der Waals surface area (Å²) in [6.07, 6.45) is -3.86. The Balaban J connectivity index is 1.48. The lowest BCUT2D eigenvalue weighted by molar-refractivity contribution is -0.150. The Morgan fingerprint density at radius 2 is 1.84 bits per heavy atom. The number of aromatic amines is 1. The van der Waals surface area contributed by atoms with Crippen LogP contribution in [0.3, 0.4) is 0 Å². The largest absolute Gasteiger partial charge is 0.449 e. The lowest BCUT2D eigenvalue weighted by atomic mass is 9.86. The van der Waals surface area contributed by atoms with Gasteiger partial charge in [-0.2, -0.15) is 13.2 Å². The van der Waals surface area contributed by atoms with Gasteiger partial charge in [-0.05, 0) is 36.6 Å². The third kappa shape index (κ3) is 5.32. The number of H-pyrrole nitrogens is 1. The molecule has 1 atom stereocenters. The zero-order valence-electron chi connectivity index (χ0n) is 20.0. The molecule has 1 saturated heterocycles. The van der Waals surface area contributed by atoms with E-state index in [1.165, 1.54) is 0 Å². The Morgan fingerprint density at radius 3 is 2.49 bits per heavy atom. The van der Waals surface area contributed by atoms with Crippen molar-refractivity contribution in [3.63, 3.8) is 0 Å². The maximum absolute atomic E-state index is 15.5. The van der Waals surface area contributed by atoms with Crippen molar-refractivity contribution in [1.29, 1.82) is 0 Å². The van der Waals surface area contributed by atoms with Crippen LogP contribution in [0.1, 0.15) is 29.3 Å². The molecule has 5 nitrogen and oxygen atoms in total. The van der Waals surface area contributed by atoms with Gasteiger partial charge < -0.3 is 15.3 Å². The van der Waals surface area contributed by atoms with E-state index < -0.39 is 42.6 Å². The van der Waals surface area contributed by atoms with Crippen molar-refractivity contribution in [3.8, 4) is 0 Å². The van der Waals surface area contributed by atoms with E-state index in [2.05, 4.69) is 10.3 Å². The van der Waals surface area contributed by atoms with Crippen molar-refractivity contribution in [2.75, 3.05) is 44.7 Å². The number of aromatic nitrogens is 1. The van der Waals surface area contributed by atoms with Gasteiger partial charge in [-0.3, -0.25) is 14.2 Å². The van der Waals surface area contributed by atoms with Crippen LogP contribution in [0.2, 0.25) is 0 Å². The second-order valence-electron chi connectivity index (χ2n) is 9.79. The molecule has 0 amide bonds. The minimum Gasteiger partial charge on any atom is -0.449 e. The van der Waals surface area contributed by atoms with Crippen molar-refractivity contribution in [2.24, 2.45) is 0 Å². The van der Waals surface area contributed by atoms with Gasteiger partial charge >= 0.3 is 13.7 Å². The van der Waals surface area contributed by atoms with Gasteiger partial charge in [0.2, 0.25) is 0 Å². The molecule has 0 bridgehead atoms. The molecule has 2 aliphatic rings. The number of halogens is 6. The number of benzene rings is 2. The number of alkyl halides is 4. The lowest BCUT2D eigenvalue weighted by Crippen LogP contribution is -2.54. The normalized spacial score (nSPS) is 19.2. The fourth-order valence-corrected chi connectivity index (χ4v) is 5.50. The van der Waals surface area contributed by atoms with Crippen LogP contribution in [-0.2, 0) is 6.42 Å². The summed E-state index contributed by atoms with van der Waals surface area (Å²) >= 11 is 0. The number of rotatable bonds is 8. The topological polar surface area (TPSA) is 54.5 Å². The zero-order valence-corrected chi connectivity index (χ0v) is 20.0. The summed E-state index contributed by atoms with van der Waals surface area (Å²) in [5, 5.41) is 13.3. The third-order valence-corrected chi connectivity index (χ3v) is 7.14. The van der Waals surface area contributed by atoms with Gasteiger partial charge in [0.15, 0.2) is 0 Å². The summed E-state index contributed by atoms with van der Waals surface area (Å²) in [5.41, 5.74) is 2.04. The predicted octanol–water partition coefficient (Wildman–Crippen LogP) is 3.38. The monoisotopic (exact) mass is 524 g/mol. The van der Waals surface area contributed by atoms with Crippen molar-refractivity contribution in [2.45, 2.75) is 31.1 Å². The smallest absolute Gasteiger partial charge is 0.401 e. The molecule has 12 heteroatoms. The molecule has 0 saturated carbocycles. The second kappa shape index (κ2) is 10.2. The van der Waals surface area contributed by atoms with Crippen molar-refractivity contribution in [1.82, 2.24) is 14.8 Å². The predicted molar refractivity (Wildman–Crippen MR) is 131 cm³/mol. The Bertz CT molecular complexity index is 1250. The van der Waals surface area contributed by atoms with Crippen LogP contribution in [0.25, 0.3) is 10.9 Å². The number of likely N-dealkylation sites (tertiary alicyclic amines) is 1. The molecule has 0 aliphatic carbocycles. The van der Waals surface area contributed by atoms with E-state index in [1.807, 2.05) is 4.90 Å². The first-order chi connectivity index (χ1) is 17.7. The number of hydrogen-bond donors (Lipinski definition) is 3. The Hall–Kier alpha value is -2.70. The van der Waals surface area contributed by atoms with Gasteiger partial charge in [0.1, 0.15) is 11.6 Å². The minimum absolute atomic E-state index is 0.0385. The van der Waals surface area contributed by atoms with Gasteiger partial charge in [0, 0.05) is 54.0 Å². The average Bonchev–Trinajstić information content (AvgIpc) is 3.18. The second-order valence-corrected chi connectivity index (χ2v) is 9.79. The molecular formula is C25H27BF6N4O. The van der Waals surface area contributed by atoms with Gasteiger partial charge in [-0.25, -0.2) is 8.78 Å². The van der Waals surface area contributed by atoms with Crippen LogP contribution in [0.5, 0.6) is 0 Å². The number of anilines is 1. The van der Waals surface area contributed by atoms with E-state index in [9.17, 15) is 22.6 Å². The van der Waals surface area contributed by atoms with Crippen LogP contribution in [-0.4, -0.2) is 78.9 Å². The molecule has 1 aromatic heterocycles. The maximum Gasteiger partial charge on any atom is 0.401 e. The molecule has 3 heterocycles. The highest BCUT2D eigenvalue weighted by Crippen LogP contribution is 2.42. The fraction of sp³-hybridized carbons (Fsp3) is 0.440. The first-order valence-corrected chi connectivity index (χ1v) is 12.3. The number of nitrogens with zero attached hydrogens (tertiary/aromatic N) is 2. The molecule has 3 N–H and O–H groups in total. The van der Waals surface area contributed by atoms with Gasteiger partial charge in [0.25, 0.3) is 0 Å². The SMILES string of the molecule is OBc1ccc2[nH]c3c(c2c1)CCN(CC(F)(F)F)C3c1c(F)cc(NC2CN(CCCF)C2)cc1F. The zero-order chi connectivity index (χ0) is 26.3. The van der Waals surface area contributed by atoms with Crippen LogP contribution in [0.15, 0.2) is 30.3 Å². The molecule has 198 valence electrons. The van der Waals surface area contributed by atoms with E-state index in [0.29, 0.717) is 48.3 Å². The summed E-state index contributed by atoms with van der Waals surface area (Å²) < 4.78 is 83.7. The van der Waals surface area contributed by atoms with Crippen molar-refractivity contribution >= 4 is 29.5 Å². The quantitative estimate of drug-likeness (QED) is 0.313. The summed E-state index contributed by atoms with van der Waals surface area (Å²) in [6.45, 7) is 0.0784. The summed E-state index contributed by atoms with van der Waals surface area (Å²) in [6, 6.07) is 6.03. The summed E-state index contributed by atoms with van der Waals surface area (Å²) in [4.78, 5) is 6.17. The van der Waals surface area contributed by atoms with Crippen molar-refractivity contribution in [3.05, 3.63) is 58.8 Å². The minimum atomic E-state index is -4.56. The van der Waals surface area contributed by atoms with Gasteiger partial charge in [-0.1, -0.05) is 17.6 Å². The molecular weight excluding hydrogens is 497 g/mol. The summed E-state index contributed by atoms with van der Waals surface area (Å²) in [5.74, 6) is -1.87. The average molecular weight is 524 g/mol. The first-order valence-electron chi connectivity index (χ1n) is 12.3. The number of hydrogen-bond acceptors (Lipinski definition) is 4. The van der Waals surface area contributed by atoms with Gasteiger partial charge in [0.05, 0.1) is 25.3 Å². The highest BCUT2D eigenvalue weighted by Gasteiger charge is 2.41. The molecule has 5 rings (SSSR count). The van der Waals surface area contributed by atoms with E-state index in [4.69, 9.17) is 0 Å². The van der Waals surface area contributed by atoms with Crippen LogP contribution >= 0.6 is 0 Å². The van der Waals surface area contributed by atoms with E-state index in [0.717, 1.165) is 22.4 Å². The first kappa shape index (κ1) is 25.9. The van der Waals surface area contributed by atoms with Crippen molar-refractivity contribution < 1.29 is 31.4 Å². The Morgan fingerprint density at radius 1 is 1.11 bits per heavy atom. The highest BCUT2D eigenvalue weighted by atomic mass is 19.4. The van der Waals surface area contributed by atoms with E-state index in [1.54, 1.807) is 18.2 Å². The summed E-state index contributed by atoms with van der Waals surface area (Å²) in [7, 11) is -0.203. The Labute approximate surface area is 210 Å². The molecule has 1 unspecified atom stereocenters. The third-order valence-electron chi connectivity index (χ3n) is 7.14. The number of nitrogens with one attached hydrogen (secondary N) is 2. The van der Waals surface area contributed by atoms with Crippen LogP contribution < -0.4 is 10.8 Å². The lowest BCUT2D eigenvalue weighted by Gasteiger charge is -2.40. The van der Waals surface area contributed by atoms with E-state index >= 15 is 8.78 Å². The molecule has 0 spiro atoms. The molecule has 37 heavy (non-hydrogen) atoms. The standard InChI is InChI=1S/C25H27BF6N4O/c27-5-1-6-35-11-16(12-35)33-15-9-19(28)22(20(29)10-15)24-23-17(4-7-36(24)13-25(30,31)32)18-8-14(26-37)2-3-21(18)34-23/h2-3,8-10,16,24,26,33-34,37H,1,4-7,11-13H2. The molecule has 3 aromatic rings. The number of fused-ring (bicyclic) bond motifs is 3. The highest BCUT2D eigenvalue weighted by molar-refractivity contribution is 6.46. The molecule has 2 aliphatic heterocycles. The van der Waals surface area contributed by atoms with Crippen LogP contribution in [0, 0.1) is 11.6 Å².